The second-order valence-electron chi connectivity index (χ2n) is 5.06. The minimum atomic E-state index is -0.0794. The number of anilines is 1. The summed E-state index contributed by atoms with van der Waals surface area (Å²) in [6.45, 7) is 4.94. The highest BCUT2D eigenvalue weighted by Crippen LogP contribution is 2.18. The van der Waals surface area contributed by atoms with Crippen LogP contribution in [-0.4, -0.2) is 30.5 Å². The van der Waals surface area contributed by atoms with E-state index < -0.39 is 0 Å². The van der Waals surface area contributed by atoms with E-state index in [-0.39, 0.29) is 5.91 Å². The predicted molar refractivity (Wildman–Crippen MR) is 77.5 cm³/mol. The third-order valence-corrected chi connectivity index (χ3v) is 3.49. The van der Waals surface area contributed by atoms with Gasteiger partial charge in [-0.25, -0.2) is 4.98 Å². The van der Waals surface area contributed by atoms with Gasteiger partial charge in [-0.3, -0.25) is 4.79 Å². The Hall–Kier alpha value is -1.58. The van der Waals surface area contributed by atoms with Gasteiger partial charge < -0.3 is 10.2 Å². The molecule has 0 radical (unpaired) electrons. The standard InChI is InChI=1S/C15H23N3O/c1-2-9-16-15(19)14-8-7-13(12-17-14)18-10-5-3-4-6-11-18/h7-8,12H,2-6,9-11H2,1H3,(H,16,19). The largest absolute Gasteiger partial charge is 0.370 e. The van der Waals surface area contributed by atoms with Crippen molar-refractivity contribution in [1.82, 2.24) is 10.3 Å². The van der Waals surface area contributed by atoms with Gasteiger partial charge in [-0.2, -0.15) is 0 Å². The Bertz CT molecular complexity index is 394. The first-order valence-corrected chi connectivity index (χ1v) is 7.30. The molecule has 1 N–H and O–H groups in total. The van der Waals surface area contributed by atoms with Crippen molar-refractivity contribution in [3.63, 3.8) is 0 Å². The van der Waals surface area contributed by atoms with E-state index in [0.717, 1.165) is 25.2 Å². The molecule has 0 aromatic carbocycles. The maximum atomic E-state index is 11.8. The monoisotopic (exact) mass is 261 g/mol. The number of nitrogens with zero attached hydrogens (tertiary/aromatic N) is 2. The average molecular weight is 261 g/mol. The van der Waals surface area contributed by atoms with Crippen molar-refractivity contribution in [2.45, 2.75) is 39.0 Å². The number of hydrogen-bond acceptors (Lipinski definition) is 3. The maximum absolute atomic E-state index is 11.8. The normalized spacial score (nSPS) is 15.9. The molecule has 1 aliphatic rings. The Morgan fingerprint density at radius 1 is 1.26 bits per heavy atom. The molecule has 104 valence electrons. The highest BCUT2D eigenvalue weighted by Gasteiger charge is 2.11. The first-order valence-electron chi connectivity index (χ1n) is 7.30. The van der Waals surface area contributed by atoms with Crippen molar-refractivity contribution in [1.29, 1.82) is 0 Å². The van der Waals surface area contributed by atoms with Crippen LogP contribution in [0.5, 0.6) is 0 Å². The number of pyridine rings is 1. The van der Waals surface area contributed by atoms with E-state index >= 15 is 0 Å². The summed E-state index contributed by atoms with van der Waals surface area (Å²) in [7, 11) is 0. The number of hydrogen-bond donors (Lipinski definition) is 1. The Morgan fingerprint density at radius 3 is 2.58 bits per heavy atom. The lowest BCUT2D eigenvalue weighted by Gasteiger charge is -2.22. The summed E-state index contributed by atoms with van der Waals surface area (Å²) >= 11 is 0. The van der Waals surface area contributed by atoms with E-state index in [1.807, 2.05) is 25.3 Å². The summed E-state index contributed by atoms with van der Waals surface area (Å²) in [5.74, 6) is -0.0794. The van der Waals surface area contributed by atoms with Gasteiger partial charge in [0, 0.05) is 19.6 Å². The Labute approximate surface area is 115 Å². The van der Waals surface area contributed by atoms with Crippen molar-refractivity contribution in [3.8, 4) is 0 Å². The van der Waals surface area contributed by atoms with Crippen LogP contribution in [0.3, 0.4) is 0 Å². The predicted octanol–water partition coefficient (Wildman–Crippen LogP) is 2.60. The van der Waals surface area contributed by atoms with Gasteiger partial charge in [0.1, 0.15) is 5.69 Å². The van der Waals surface area contributed by atoms with E-state index in [4.69, 9.17) is 0 Å². The van der Waals surface area contributed by atoms with Gasteiger partial charge in [0.15, 0.2) is 0 Å². The van der Waals surface area contributed by atoms with Crippen molar-refractivity contribution in [2.24, 2.45) is 0 Å². The molecular weight excluding hydrogens is 238 g/mol. The number of carbonyl (C=O) groups is 1. The van der Waals surface area contributed by atoms with Gasteiger partial charge in [0.25, 0.3) is 5.91 Å². The fraction of sp³-hybridized carbons (Fsp3) is 0.600. The van der Waals surface area contributed by atoms with Crippen LogP contribution in [0.15, 0.2) is 18.3 Å². The summed E-state index contributed by atoms with van der Waals surface area (Å²) in [6.07, 6.45) is 7.91. The fourth-order valence-electron chi connectivity index (χ4n) is 2.37. The van der Waals surface area contributed by atoms with Gasteiger partial charge in [0.05, 0.1) is 11.9 Å². The second kappa shape index (κ2) is 7.12. The molecule has 1 fully saturated rings. The van der Waals surface area contributed by atoms with E-state index in [9.17, 15) is 4.79 Å². The third-order valence-electron chi connectivity index (χ3n) is 3.49. The number of aromatic nitrogens is 1. The Kier molecular flexibility index (Phi) is 5.19. The third kappa shape index (κ3) is 3.94. The van der Waals surface area contributed by atoms with Gasteiger partial charge in [0.2, 0.25) is 0 Å². The van der Waals surface area contributed by atoms with Crippen LogP contribution in [0.4, 0.5) is 5.69 Å². The summed E-state index contributed by atoms with van der Waals surface area (Å²) in [6, 6.07) is 3.84. The molecule has 0 atom stereocenters. The molecule has 0 unspecified atom stereocenters. The van der Waals surface area contributed by atoms with E-state index in [1.54, 1.807) is 0 Å². The van der Waals surface area contributed by atoms with Gasteiger partial charge in [-0.15, -0.1) is 0 Å². The Morgan fingerprint density at radius 2 is 2.00 bits per heavy atom. The highest BCUT2D eigenvalue weighted by atomic mass is 16.1. The SMILES string of the molecule is CCCNC(=O)c1ccc(N2CCCCCC2)cn1. The zero-order valence-corrected chi connectivity index (χ0v) is 11.7. The smallest absolute Gasteiger partial charge is 0.269 e. The van der Waals surface area contributed by atoms with E-state index in [2.05, 4.69) is 15.2 Å². The summed E-state index contributed by atoms with van der Waals surface area (Å²) in [4.78, 5) is 18.4. The lowest BCUT2D eigenvalue weighted by atomic mass is 10.2. The number of nitrogens with one attached hydrogen (secondary N) is 1. The molecule has 4 nitrogen and oxygen atoms in total. The molecule has 0 bridgehead atoms. The van der Waals surface area contributed by atoms with Crippen LogP contribution < -0.4 is 10.2 Å². The molecule has 1 saturated heterocycles. The first-order chi connectivity index (χ1) is 9.31. The molecule has 1 aromatic heterocycles. The fourth-order valence-corrected chi connectivity index (χ4v) is 2.37. The van der Waals surface area contributed by atoms with Gasteiger partial charge in [-0.05, 0) is 31.4 Å². The van der Waals surface area contributed by atoms with Crippen molar-refractivity contribution >= 4 is 11.6 Å². The molecule has 2 heterocycles. The van der Waals surface area contributed by atoms with Crippen LogP contribution in [0, 0.1) is 0 Å². The number of carbonyl (C=O) groups excluding carboxylic acids is 1. The van der Waals surface area contributed by atoms with Crippen LogP contribution in [0.2, 0.25) is 0 Å². The van der Waals surface area contributed by atoms with Crippen LogP contribution in [0.1, 0.15) is 49.5 Å². The number of rotatable bonds is 4. The lowest BCUT2D eigenvalue weighted by Crippen LogP contribution is -2.26. The van der Waals surface area contributed by atoms with E-state index in [0.29, 0.717) is 12.2 Å². The zero-order chi connectivity index (χ0) is 13.5. The minimum Gasteiger partial charge on any atom is -0.370 e. The molecule has 1 aromatic rings. The quantitative estimate of drug-likeness (QED) is 0.906. The second-order valence-corrected chi connectivity index (χ2v) is 5.06. The van der Waals surface area contributed by atoms with Gasteiger partial charge >= 0.3 is 0 Å². The first kappa shape index (κ1) is 13.8. The molecule has 0 saturated carbocycles. The van der Waals surface area contributed by atoms with Crippen molar-refractivity contribution < 1.29 is 4.79 Å². The highest BCUT2D eigenvalue weighted by molar-refractivity contribution is 5.92. The van der Waals surface area contributed by atoms with Gasteiger partial charge in [-0.1, -0.05) is 19.8 Å². The molecule has 0 spiro atoms. The van der Waals surface area contributed by atoms with Crippen molar-refractivity contribution in [2.75, 3.05) is 24.5 Å². The van der Waals surface area contributed by atoms with Crippen molar-refractivity contribution in [3.05, 3.63) is 24.0 Å². The summed E-state index contributed by atoms with van der Waals surface area (Å²) in [5, 5.41) is 2.84. The molecule has 1 aliphatic heterocycles. The molecule has 0 aliphatic carbocycles. The molecule has 2 rings (SSSR count). The Balaban J connectivity index is 1.98. The zero-order valence-electron chi connectivity index (χ0n) is 11.7. The van der Waals surface area contributed by atoms with Crippen LogP contribution >= 0.6 is 0 Å². The average Bonchev–Trinajstić information content (AvgIpc) is 2.74. The molecule has 1 amide bonds. The van der Waals surface area contributed by atoms with Crippen LogP contribution in [0.25, 0.3) is 0 Å². The summed E-state index contributed by atoms with van der Waals surface area (Å²) in [5.41, 5.74) is 1.64. The lowest BCUT2D eigenvalue weighted by molar-refractivity contribution is 0.0948. The van der Waals surface area contributed by atoms with E-state index in [1.165, 1.54) is 25.7 Å². The maximum Gasteiger partial charge on any atom is 0.269 e. The molecule has 19 heavy (non-hydrogen) atoms. The minimum absolute atomic E-state index is 0.0794. The topological polar surface area (TPSA) is 45.2 Å². The summed E-state index contributed by atoms with van der Waals surface area (Å²) < 4.78 is 0. The number of amides is 1. The van der Waals surface area contributed by atoms with Crippen LogP contribution in [-0.2, 0) is 0 Å². The molecular formula is C15H23N3O. The molecule has 4 heteroatoms.